The largest absolute Gasteiger partial charge is 0.394 e. The molecule has 0 aromatic rings. The Labute approximate surface area is 97.2 Å². The molecule has 6 atom stereocenters. The first kappa shape index (κ1) is 14.3. The lowest BCUT2D eigenvalue weighted by Crippen LogP contribution is -2.67. The Morgan fingerprint density at radius 3 is 2.24 bits per heavy atom. The van der Waals surface area contributed by atoms with Gasteiger partial charge in [-0.1, -0.05) is 0 Å². The molecule has 0 saturated carbocycles. The van der Waals surface area contributed by atoms with Gasteiger partial charge in [-0.05, 0) is 6.92 Å². The summed E-state index contributed by atoms with van der Waals surface area (Å²) < 4.78 is 5.00. The van der Waals surface area contributed by atoms with E-state index in [2.05, 4.69) is 0 Å². The Balaban J connectivity index is 2.97. The highest BCUT2D eigenvalue weighted by molar-refractivity contribution is 5.83. The molecule has 1 aliphatic rings. The van der Waals surface area contributed by atoms with E-state index in [0.717, 1.165) is 6.92 Å². The molecule has 0 aromatic carbocycles. The van der Waals surface area contributed by atoms with Gasteiger partial charge in [0.05, 0.1) is 6.61 Å². The second-order valence-electron chi connectivity index (χ2n) is 4.26. The smallest absolute Gasteiger partial charge is 0.251 e. The molecule has 0 aromatic heterocycles. The molecule has 8 heteroatoms. The average Bonchev–Trinajstić information content (AvgIpc) is 2.26. The second-order valence-corrected chi connectivity index (χ2v) is 4.26. The van der Waals surface area contributed by atoms with Crippen molar-refractivity contribution in [3.8, 4) is 0 Å². The summed E-state index contributed by atoms with van der Waals surface area (Å²) in [5.74, 6) is -1.15. The fourth-order valence-electron chi connectivity index (χ4n) is 1.71. The molecule has 1 fully saturated rings. The number of ether oxygens (including phenoxy) is 1. The number of nitrogens with two attached hydrogens (primary N) is 1. The van der Waals surface area contributed by atoms with E-state index in [1.54, 1.807) is 0 Å². The van der Waals surface area contributed by atoms with Crippen LogP contribution in [-0.4, -0.2) is 74.2 Å². The molecule has 17 heavy (non-hydrogen) atoms. The van der Waals surface area contributed by atoms with Gasteiger partial charge in [-0.25, -0.2) is 0 Å². The molecule has 2 unspecified atom stereocenters. The van der Waals surface area contributed by atoms with Crippen molar-refractivity contribution in [3.63, 3.8) is 0 Å². The maximum absolute atomic E-state index is 11.0. The zero-order valence-electron chi connectivity index (χ0n) is 9.22. The lowest BCUT2D eigenvalue weighted by Gasteiger charge is -2.44. The van der Waals surface area contributed by atoms with Gasteiger partial charge in [0.25, 0.3) is 5.91 Å². The third kappa shape index (κ3) is 2.41. The van der Waals surface area contributed by atoms with Gasteiger partial charge in [0.2, 0.25) is 0 Å². The van der Waals surface area contributed by atoms with Gasteiger partial charge in [0, 0.05) is 0 Å². The first-order chi connectivity index (χ1) is 7.73. The van der Waals surface area contributed by atoms with E-state index in [1.807, 2.05) is 0 Å². The van der Waals surface area contributed by atoms with Crippen molar-refractivity contribution in [3.05, 3.63) is 0 Å². The van der Waals surface area contributed by atoms with Crippen LogP contribution in [-0.2, 0) is 9.53 Å². The van der Waals surface area contributed by atoms with Crippen LogP contribution in [0.4, 0.5) is 0 Å². The highest BCUT2D eigenvalue weighted by atomic mass is 16.6. The summed E-state index contributed by atoms with van der Waals surface area (Å²) in [6.45, 7) is 0.373. The van der Waals surface area contributed by atoms with Gasteiger partial charge >= 0.3 is 0 Å². The number of aliphatic hydroxyl groups excluding tert-OH is 4. The Kier molecular flexibility index (Phi) is 4.07. The number of rotatable bonds is 3. The van der Waals surface area contributed by atoms with Crippen LogP contribution in [0.3, 0.4) is 0 Å². The van der Waals surface area contributed by atoms with E-state index < -0.39 is 48.6 Å². The maximum atomic E-state index is 11.0. The van der Waals surface area contributed by atoms with Crippen LogP contribution >= 0.6 is 0 Å². The number of carbonyl (C=O) groups excluding carboxylic acids is 1. The van der Waals surface area contributed by atoms with E-state index in [-0.39, 0.29) is 0 Å². The van der Waals surface area contributed by atoms with E-state index >= 15 is 0 Å². The van der Waals surface area contributed by atoms with Crippen molar-refractivity contribution in [1.29, 1.82) is 0 Å². The zero-order valence-corrected chi connectivity index (χ0v) is 9.22. The first-order valence-corrected chi connectivity index (χ1v) is 5.06. The fourth-order valence-corrected chi connectivity index (χ4v) is 1.71. The highest BCUT2D eigenvalue weighted by Crippen LogP contribution is 2.28. The molecular formula is C9H17NO7. The lowest BCUT2D eigenvalue weighted by atomic mass is 9.85. The van der Waals surface area contributed by atoms with Gasteiger partial charge in [-0.15, -0.1) is 0 Å². The van der Waals surface area contributed by atoms with E-state index in [9.17, 15) is 25.2 Å². The fraction of sp³-hybridized carbons (Fsp3) is 0.889. The molecule has 1 heterocycles. The van der Waals surface area contributed by atoms with Gasteiger partial charge in [0.15, 0.2) is 5.60 Å². The van der Waals surface area contributed by atoms with Gasteiger partial charge in [0.1, 0.15) is 30.5 Å². The molecular weight excluding hydrogens is 234 g/mol. The third-order valence-corrected chi connectivity index (χ3v) is 2.95. The molecule has 100 valence electrons. The molecule has 0 spiro atoms. The topological polar surface area (TPSA) is 153 Å². The predicted octanol–water partition coefficient (Wildman–Crippen LogP) is -3.93. The molecule has 0 radical (unpaired) electrons. The summed E-state index contributed by atoms with van der Waals surface area (Å²) in [6, 6.07) is 0. The maximum Gasteiger partial charge on any atom is 0.251 e. The van der Waals surface area contributed by atoms with Crippen LogP contribution in [0.5, 0.6) is 0 Å². The standard InChI is InChI=1S/C9H17NO7/c1-9(16,8(10)15)7-6(14)5(13)4(12)3(2-11)17-7/h3-7,11-14,16H,2H2,1H3,(H2,10,15)/t3-,4+,5+,6-,7?,9?/m1/s1. The monoisotopic (exact) mass is 251 g/mol. The molecule has 7 N–H and O–H groups in total. The van der Waals surface area contributed by atoms with E-state index in [4.69, 9.17) is 15.6 Å². The van der Waals surface area contributed by atoms with Crippen LogP contribution in [0.2, 0.25) is 0 Å². The molecule has 1 amide bonds. The van der Waals surface area contributed by atoms with Crippen LogP contribution in [0.15, 0.2) is 0 Å². The number of aliphatic hydroxyl groups is 5. The predicted molar refractivity (Wildman–Crippen MR) is 53.6 cm³/mol. The minimum Gasteiger partial charge on any atom is -0.394 e. The van der Waals surface area contributed by atoms with Gasteiger partial charge in [-0.3, -0.25) is 4.79 Å². The molecule has 1 rings (SSSR count). The summed E-state index contributed by atoms with van der Waals surface area (Å²) in [4.78, 5) is 11.0. The summed E-state index contributed by atoms with van der Waals surface area (Å²) >= 11 is 0. The number of hydrogen-bond acceptors (Lipinski definition) is 7. The molecule has 0 bridgehead atoms. The van der Waals surface area contributed by atoms with Crippen molar-refractivity contribution in [2.75, 3.05) is 6.61 Å². The summed E-state index contributed by atoms with van der Waals surface area (Å²) in [5.41, 5.74) is 2.72. The van der Waals surface area contributed by atoms with Crippen molar-refractivity contribution in [1.82, 2.24) is 0 Å². The normalized spacial score (nSPS) is 41.9. The zero-order chi connectivity index (χ0) is 13.4. The summed E-state index contributed by atoms with van der Waals surface area (Å²) in [6.07, 6.45) is -7.62. The SMILES string of the molecule is CC(O)(C(N)=O)C1O[C@H](CO)[C@H](O)[C@H](O)[C@H]1O. The van der Waals surface area contributed by atoms with Crippen molar-refractivity contribution >= 4 is 5.91 Å². The summed E-state index contributed by atoms with van der Waals surface area (Å²) in [7, 11) is 0. The average molecular weight is 251 g/mol. The minimum atomic E-state index is -2.23. The van der Waals surface area contributed by atoms with Crippen LogP contribution in [0.1, 0.15) is 6.92 Å². The minimum absolute atomic E-state index is 0.643. The van der Waals surface area contributed by atoms with Gasteiger partial charge < -0.3 is 36.0 Å². The molecule has 0 aliphatic carbocycles. The van der Waals surface area contributed by atoms with E-state index in [1.165, 1.54) is 0 Å². The first-order valence-electron chi connectivity index (χ1n) is 5.06. The van der Waals surface area contributed by atoms with Crippen molar-refractivity contribution in [2.45, 2.75) is 43.0 Å². The van der Waals surface area contributed by atoms with Crippen LogP contribution in [0.25, 0.3) is 0 Å². The Bertz CT molecular complexity index is 293. The Hall–Kier alpha value is -0.770. The molecule has 8 nitrogen and oxygen atoms in total. The second kappa shape index (κ2) is 4.84. The highest BCUT2D eigenvalue weighted by Gasteiger charge is 2.52. The van der Waals surface area contributed by atoms with Crippen LogP contribution in [0, 0.1) is 0 Å². The lowest BCUT2D eigenvalue weighted by molar-refractivity contribution is -0.262. The number of primary amides is 1. The molecule has 1 aliphatic heterocycles. The van der Waals surface area contributed by atoms with Crippen molar-refractivity contribution in [2.24, 2.45) is 5.73 Å². The Morgan fingerprint density at radius 1 is 1.29 bits per heavy atom. The van der Waals surface area contributed by atoms with Crippen molar-refractivity contribution < 1.29 is 35.1 Å². The van der Waals surface area contributed by atoms with Gasteiger partial charge in [-0.2, -0.15) is 0 Å². The quantitative estimate of drug-likeness (QED) is 0.299. The Morgan fingerprint density at radius 2 is 1.82 bits per heavy atom. The van der Waals surface area contributed by atoms with Crippen LogP contribution < -0.4 is 5.73 Å². The number of hydrogen-bond donors (Lipinski definition) is 6. The van der Waals surface area contributed by atoms with E-state index in [0.29, 0.717) is 0 Å². The number of carbonyl (C=O) groups is 1. The third-order valence-electron chi connectivity index (χ3n) is 2.95. The summed E-state index contributed by atoms with van der Waals surface area (Å²) in [5, 5.41) is 47.2. The molecule has 1 saturated heterocycles. The number of amides is 1.